The van der Waals surface area contributed by atoms with E-state index in [0.717, 1.165) is 34.4 Å². The number of aromatic nitrogens is 3. The number of carbonyl (C=O) groups excluding carboxylic acids is 1. The highest BCUT2D eigenvalue weighted by Crippen LogP contribution is 2.23. The summed E-state index contributed by atoms with van der Waals surface area (Å²) in [6.45, 7) is 3.86. The summed E-state index contributed by atoms with van der Waals surface area (Å²) in [5, 5.41) is 8.93. The standard InChI is InChI=1S/C16H20N4O2S2/c1-12-18-19-16(24-12)23-11-15(21)20-8-4-6-14(9-20)22-10-13-5-2-3-7-17-13/h2-3,5,7,14H,4,6,8-11H2,1H3. The number of rotatable bonds is 6. The zero-order valence-corrected chi connectivity index (χ0v) is 15.2. The van der Waals surface area contributed by atoms with Gasteiger partial charge in [-0.05, 0) is 31.9 Å². The summed E-state index contributed by atoms with van der Waals surface area (Å²) in [6.07, 6.45) is 3.81. The van der Waals surface area contributed by atoms with Gasteiger partial charge in [0.15, 0.2) is 4.34 Å². The molecule has 3 heterocycles. The molecule has 1 unspecified atom stereocenters. The number of nitrogens with zero attached hydrogens (tertiary/aromatic N) is 4. The summed E-state index contributed by atoms with van der Waals surface area (Å²) in [5.74, 6) is 0.542. The third kappa shape index (κ3) is 4.99. The minimum atomic E-state index is 0.0819. The molecule has 128 valence electrons. The van der Waals surface area contributed by atoms with Gasteiger partial charge in [0.2, 0.25) is 5.91 Å². The summed E-state index contributed by atoms with van der Waals surface area (Å²) in [4.78, 5) is 18.5. The Balaban J connectivity index is 1.45. The molecule has 0 aliphatic carbocycles. The minimum Gasteiger partial charge on any atom is -0.370 e. The molecule has 0 radical (unpaired) electrons. The minimum absolute atomic E-state index is 0.0819. The first-order chi connectivity index (χ1) is 11.7. The molecule has 0 aromatic carbocycles. The third-order valence-corrected chi connectivity index (χ3v) is 5.71. The third-order valence-electron chi connectivity index (χ3n) is 3.75. The van der Waals surface area contributed by atoms with Crippen LogP contribution in [0.25, 0.3) is 0 Å². The lowest BCUT2D eigenvalue weighted by Crippen LogP contribution is -2.44. The lowest BCUT2D eigenvalue weighted by atomic mass is 10.1. The molecule has 1 amide bonds. The number of carbonyl (C=O) groups is 1. The topological polar surface area (TPSA) is 68.2 Å². The second kappa shape index (κ2) is 8.55. The highest BCUT2D eigenvalue weighted by molar-refractivity contribution is 8.01. The van der Waals surface area contributed by atoms with Crippen LogP contribution in [-0.2, 0) is 16.1 Å². The predicted octanol–water partition coefficient (Wildman–Crippen LogP) is 2.54. The molecule has 1 fully saturated rings. The number of thioether (sulfide) groups is 1. The molecule has 0 saturated carbocycles. The number of aryl methyl sites for hydroxylation is 1. The highest BCUT2D eigenvalue weighted by Gasteiger charge is 2.24. The van der Waals surface area contributed by atoms with E-state index in [-0.39, 0.29) is 12.0 Å². The normalized spacial score (nSPS) is 17.9. The number of likely N-dealkylation sites (tertiary alicyclic amines) is 1. The van der Waals surface area contributed by atoms with Crippen molar-refractivity contribution in [3.63, 3.8) is 0 Å². The Kier molecular flexibility index (Phi) is 6.17. The maximum atomic E-state index is 12.4. The summed E-state index contributed by atoms with van der Waals surface area (Å²) in [6, 6.07) is 5.79. The van der Waals surface area contributed by atoms with Crippen molar-refractivity contribution in [2.75, 3.05) is 18.8 Å². The van der Waals surface area contributed by atoms with Crippen molar-refractivity contribution in [1.82, 2.24) is 20.1 Å². The van der Waals surface area contributed by atoms with Crippen LogP contribution in [0.4, 0.5) is 0 Å². The van der Waals surface area contributed by atoms with Crippen LogP contribution in [0.2, 0.25) is 0 Å². The van der Waals surface area contributed by atoms with Crippen LogP contribution in [0.15, 0.2) is 28.7 Å². The Morgan fingerprint density at radius 1 is 1.46 bits per heavy atom. The van der Waals surface area contributed by atoms with Crippen molar-refractivity contribution >= 4 is 29.0 Å². The van der Waals surface area contributed by atoms with E-state index in [2.05, 4.69) is 15.2 Å². The SMILES string of the molecule is Cc1nnc(SCC(=O)N2CCCC(OCc3ccccn3)C2)s1. The van der Waals surface area contributed by atoms with Gasteiger partial charge in [-0.25, -0.2) is 0 Å². The van der Waals surface area contributed by atoms with E-state index in [1.165, 1.54) is 23.1 Å². The van der Waals surface area contributed by atoms with Crippen LogP contribution in [-0.4, -0.2) is 50.9 Å². The van der Waals surface area contributed by atoms with Gasteiger partial charge in [0.05, 0.1) is 24.2 Å². The monoisotopic (exact) mass is 364 g/mol. The molecule has 1 atom stereocenters. The number of amides is 1. The van der Waals surface area contributed by atoms with Crippen LogP contribution in [0, 0.1) is 6.92 Å². The average Bonchev–Trinajstić information content (AvgIpc) is 3.04. The number of piperidine rings is 1. The molecule has 24 heavy (non-hydrogen) atoms. The molecule has 0 bridgehead atoms. The van der Waals surface area contributed by atoms with E-state index in [4.69, 9.17) is 4.74 Å². The fraction of sp³-hybridized carbons (Fsp3) is 0.500. The van der Waals surface area contributed by atoms with E-state index in [1.807, 2.05) is 30.0 Å². The number of hydrogen-bond donors (Lipinski definition) is 0. The molecule has 1 saturated heterocycles. The highest BCUT2D eigenvalue weighted by atomic mass is 32.2. The van der Waals surface area contributed by atoms with E-state index in [0.29, 0.717) is 18.9 Å². The van der Waals surface area contributed by atoms with Crippen LogP contribution in [0.1, 0.15) is 23.5 Å². The molecule has 0 N–H and O–H groups in total. The molecule has 2 aromatic rings. The van der Waals surface area contributed by atoms with Gasteiger partial charge in [-0.2, -0.15) is 0 Å². The molecule has 2 aromatic heterocycles. The predicted molar refractivity (Wildman–Crippen MR) is 94.0 cm³/mol. The first-order valence-corrected chi connectivity index (χ1v) is 9.73. The van der Waals surface area contributed by atoms with E-state index < -0.39 is 0 Å². The molecular weight excluding hydrogens is 344 g/mol. The van der Waals surface area contributed by atoms with E-state index >= 15 is 0 Å². The second-order valence-electron chi connectivity index (χ2n) is 5.61. The zero-order chi connectivity index (χ0) is 16.8. The van der Waals surface area contributed by atoms with Gasteiger partial charge in [0.1, 0.15) is 5.01 Å². The fourth-order valence-corrected chi connectivity index (χ4v) is 4.26. The molecule has 0 spiro atoms. The van der Waals surface area contributed by atoms with E-state index in [1.54, 1.807) is 6.20 Å². The smallest absolute Gasteiger partial charge is 0.233 e. The lowest BCUT2D eigenvalue weighted by molar-refractivity contribution is -0.132. The van der Waals surface area contributed by atoms with Gasteiger partial charge in [-0.3, -0.25) is 9.78 Å². The summed E-state index contributed by atoms with van der Waals surface area (Å²) in [5.41, 5.74) is 0.920. The summed E-state index contributed by atoms with van der Waals surface area (Å²) < 4.78 is 6.78. The van der Waals surface area contributed by atoms with Crippen molar-refractivity contribution < 1.29 is 9.53 Å². The van der Waals surface area contributed by atoms with E-state index in [9.17, 15) is 4.79 Å². The maximum Gasteiger partial charge on any atom is 0.233 e. The van der Waals surface area contributed by atoms with Crippen LogP contribution in [0.5, 0.6) is 0 Å². The zero-order valence-electron chi connectivity index (χ0n) is 13.6. The molecule has 3 rings (SSSR count). The van der Waals surface area contributed by atoms with Gasteiger partial charge in [-0.1, -0.05) is 29.2 Å². The maximum absolute atomic E-state index is 12.4. The average molecular weight is 364 g/mol. The van der Waals surface area contributed by atoms with Crippen LogP contribution in [0.3, 0.4) is 0 Å². The first-order valence-electron chi connectivity index (χ1n) is 7.93. The quantitative estimate of drug-likeness (QED) is 0.734. The Morgan fingerprint density at radius 3 is 3.12 bits per heavy atom. The van der Waals surface area contributed by atoms with Crippen molar-refractivity contribution in [3.8, 4) is 0 Å². The van der Waals surface area contributed by atoms with Crippen molar-refractivity contribution in [2.24, 2.45) is 0 Å². The Hall–Kier alpha value is -1.51. The Morgan fingerprint density at radius 2 is 2.38 bits per heavy atom. The summed E-state index contributed by atoms with van der Waals surface area (Å²) in [7, 11) is 0. The van der Waals surface area contributed by atoms with Gasteiger partial charge >= 0.3 is 0 Å². The van der Waals surface area contributed by atoms with Crippen molar-refractivity contribution in [2.45, 2.75) is 36.8 Å². The number of pyridine rings is 1. The fourth-order valence-electron chi connectivity index (χ4n) is 2.54. The van der Waals surface area contributed by atoms with Gasteiger partial charge in [0, 0.05) is 19.3 Å². The molecule has 8 heteroatoms. The Bertz CT molecular complexity index is 665. The first kappa shape index (κ1) is 17.3. The Labute approximate surface area is 149 Å². The number of hydrogen-bond acceptors (Lipinski definition) is 7. The molecular formula is C16H20N4O2S2. The molecule has 1 aliphatic heterocycles. The van der Waals surface area contributed by atoms with Crippen LogP contribution < -0.4 is 0 Å². The molecule has 6 nitrogen and oxygen atoms in total. The largest absolute Gasteiger partial charge is 0.370 e. The van der Waals surface area contributed by atoms with Gasteiger partial charge in [-0.15, -0.1) is 10.2 Å². The van der Waals surface area contributed by atoms with Gasteiger partial charge in [0.25, 0.3) is 0 Å². The second-order valence-corrected chi connectivity index (χ2v) is 8.02. The summed E-state index contributed by atoms with van der Waals surface area (Å²) >= 11 is 2.98. The van der Waals surface area contributed by atoms with Crippen molar-refractivity contribution in [3.05, 3.63) is 35.1 Å². The van der Waals surface area contributed by atoms with Gasteiger partial charge < -0.3 is 9.64 Å². The molecule has 1 aliphatic rings. The van der Waals surface area contributed by atoms with Crippen molar-refractivity contribution in [1.29, 1.82) is 0 Å². The lowest BCUT2D eigenvalue weighted by Gasteiger charge is -2.32. The number of ether oxygens (including phenoxy) is 1. The van der Waals surface area contributed by atoms with Crippen LogP contribution >= 0.6 is 23.1 Å².